The van der Waals surface area contributed by atoms with E-state index in [1.807, 2.05) is 13.0 Å². The molecule has 0 rings (SSSR count). The van der Waals surface area contributed by atoms with Gasteiger partial charge in [-0.25, -0.2) is 0 Å². The van der Waals surface area contributed by atoms with Crippen molar-refractivity contribution in [3.63, 3.8) is 0 Å². The Labute approximate surface area is 316 Å². The highest BCUT2D eigenvalue weighted by atomic mass is 16.3. The SMILES string of the molecule is C/C=C/CC/C=C/CC/C=C/C(O)C(CO)NC(=O)C(O)CCCCCCCCCCCCCC/C=C\CCCCCCCCCCCCCC. The normalized spacial score (nSPS) is 14.1. The van der Waals surface area contributed by atoms with Gasteiger partial charge in [0.05, 0.1) is 18.8 Å². The summed E-state index contributed by atoms with van der Waals surface area (Å²) < 4.78 is 0. The van der Waals surface area contributed by atoms with Crippen LogP contribution in [0, 0.1) is 0 Å². The summed E-state index contributed by atoms with van der Waals surface area (Å²) in [5.74, 6) is -0.521. The van der Waals surface area contributed by atoms with Crippen LogP contribution in [0.25, 0.3) is 0 Å². The van der Waals surface area contributed by atoms with Crippen molar-refractivity contribution in [2.75, 3.05) is 6.61 Å². The predicted molar refractivity (Wildman–Crippen MR) is 222 cm³/mol. The monoisotopic (exact) mass is 716 g/mol. The fourth-order valence-corrected chi connectivity index (χ4v) is 6.51. The molecule has 0 spiro atoms. The topological polar surface area (TPSA) is 89.8 Å². The summed E-state index contributed by atoms with van der Waals surface area (Å²) in [6.07, 6.45) is 53.3. The first-order valence-corrected chi connectivity index (χ1v) is 21.9. The highest BCUT2D eigenvalue weighted by Crippen LogP contribution is 2.15. The molecule has 0 aromatic heterocycles. The van der Waals surface area contributed by atoms with E-state index >= 15 is 0 Å². The quantitative estimate of drug-likeness (QED) is 0.0377. The number of rotatable bonds is 39. The first-order valence-electron chi connectivity index (χ1n) is 21.9. The number of amides is 1. The van der Waals surface area contributed by atoms with E-state index in [2.05, 4.69) is 48.7 Å². The van der Waals surface area contributed by atoms with Crippen molar-refractivity contribution in [2.24, 2.45) is 0 Å². The van der Waals surface area contributed by atoms with Crippen molar-refractivity contribution in [3.05, 3.63) is 48.6 Å². The molecular formula is C46H85NO4. The second-order valence-electron chi connectivity index (χ2n) is 14.9. The molecule has 3 unspecified atom stereocenters. The molecule has 1 amide bonds. The van der Waals surface area contributed by atoms with Gasteiger partial charge in [-0.3, -0.25) is 4.79 Å². The molecular weight excluding hydrogens is 631 g/mol. The maximum absolute atomic E-state index is 12.4. The molecule has 298 valence electrons. The molecule has 0 radical (unpaired) electrons. The zero-order valence-corrected chi connectivity index (χ0v) is 33.7. The molecule has 0 aliphatic rings. The van der Waals surface area contributed by atoms with Gasteiger partial charge in [0, 0.05) is 0 Å². The maximum atomic E-state index is 12.4. The standard InChI is InChI=1S/C46H85NO4/c1-3-5-7-9-11-13-14-15-16-17-18-19-20-21-22-23-24-25-26-27-28-29-30-31-33-35-37-39-41-45(50)46(51)47-43(42-48)44(49)40-38-36-34-32-12-10-8-6-4-2/h4,6,12,21-22,32,38,40,43-45,48-50H,3,5,7-11,13-20,23-31,33-37,39,41-42H2,1-2H3,(H,47,51)/b6-4+,22-21-,32-12+,40-38+. The largest absolute Gasteiger partial charge is 0.394 e. The highest BCUT2D eigenvalue weighted by molar-refractivity contribution is 5.80. The Balaban J connectivity index is 3.55. The summed E-state index contributed by atoms with van der Waals surface area (Å²) in [4.78, 5) is 12.4. The molecule has 0 aromatic rings. The third-order valence-electron chi connectivity index (χ3n) is 9.96. The molecule has 0 bridgehead atoms. The van der Waals surface area contributed by atoms with Gasteiger partial charge in [0.25, 0.3) is 0 Å². The van der Waals surface area contributed by atoms with Gasteiger partial charge in [-0.15, -0.1) is 0 Å². The van der Waals surface area contributed by atoms with E-state index in [4.69, 9.17) is 0 Å². The average molecular weight is 716 g/mol. The van der Waals surface area contributed by atoms with Crippen LogP contribution in [-0.2, 0) is 4.79 Å². The molecule has 5 heteroatoms. The van der Waals surface area contributed by atoms with Crippen LogP contribution in [0.5, 0.6) is 0 Å². The second-order valence-corrected chi connectivity index (χ2v) is 14.9. The molecule has 3 atom stereocenters. The minimum atomic E-state index is -1.11. The summed E-state index contributed by atoms with van der Waals surface area (Å²) in [5.41, 5.74) is 0. The Hall–Kier alpha value is -1.69. The van der Waals surface area contributed by atoms with E-state index in [9.17, 15) is 20.1 Å². The smallest absolute Gasteiger partial charge is 0.249 e. The summed E-state index contributed by atoms with van der Waals surface area (Å²) in [5, 5.41) is 32.9. The van der Waals surface area contributed by atoms with Crippen LogP contribution in [-0.4, -0.2) is 46.1 Å². The molecule has 4 N–H and O–H groups in total. The van der Waals surface area contributed by atoms with E-state index < -0.39 is 24.2 Å². The molecule has 0 fully saturated rings. The van der Waals surface area contributed by atoms with Crippen LogP contribution in [0.4, 0.5) is 0 Å². The number of aliphatic hydroxyl groups excluding tert-OH is 3. The molecule has 5 nitrogen and oxygen atoms in total. The Morgan fingerprint density at radius 3 is 1.31 bits per heavy atom. The summed E-state index contributed by atoms with van der Waals surface area (Å²) in [6, 6.07) is -0.819. The second kappa shape index (κ2) is 41.1. The van der Waals surface area contributed by atoms with Crippen molar-refractivity contribution in [1.29, 1.82) is 0 Å². The van der Waals surface area contributed by atoms with E-state index in [1.165, 1.54) is 148 Å². The number of hydrogen-bond donors (Lipinski definition) is 4. The Kier molecular flexibility index (Phi) is 39.7. The van der Waals surface area contributed by atoms with Gasteiger partial charge in [0.1, 0.15) is 6.10 Å². The zero-order valence-electron chi connectivity index (χ0n) is 33.7. The molecule has 51 heavy (non-hydrogen) atoms. The fraction of sp³-hybridized carbons (Fsp3) is 0.804. The predicted octanol–water partition coefficient (Wildman–Crippen LogP) is 12.5. The van der Waals surface area contributed by atoms with Gasteiger partial charge in [-0.2, -0.15) is 0 Å². The summed E-state index contributed by atoms with van der Waals surface area (Å²) in [7, 11) is 0. The number of carbonyl (C=O) groups is 1. The third-order valence-corrected chi connectivity index (χ3v) is 9.96. The number of carbonyl (C=O) groups excluding carboxylic acids is 1. The Morgan fingerprint density at radius 1 is 0.510 bits per heavy atom. The van der Waals surface area contributed by atoms with E-state index in [0.717, 1.165) is 44.9 Å². The number of unbranched alkanes of at least 4 members (excludes halogenated alkanes) is 26. The number of nitrogens with one attached hydrogen (secondary N) is 1. The van der Waals surface area contributed by atoms with Gasteiger partial charge in [0.15, 0.2) is 0 Å². The van der Waals surface area contributed by atoms with Gasteiger partial charge in [-0.1, -0.05) is 197 Å². The fourth-order valence-electron chi connectivity index (χ4n) is 6.51. The maximum Gasteiger partial charge on any atom is 0.249 e. The van der Waals surface area contributed by atoms with Crippen LogP contribution in [0.3, 0.4) is 0 Å². The van der Waals surface area contributed by atoms with Crippen molar-refractivity contribution in [2.45, 2.75) is 231 Å². The first-order chi connectivity index (χ1) is 25.1. The van der Waals surface area contributed by atoms with E-state index in [0.29, 0.717) is 6.42 Å². The zero-order chi connectivity index (χ0) is 37.3. The summed E-state index contributed by atoms with van der Waals surface area (Å²) >= 11 is 0. The molecule has 0 aliphatic carbocycles. The van der Waals surface area contributed by atoms with E-state index in [-0.39, 0.29) is 6.61 Å². The van der Waals surface area contributed by atoms with Crippen molar-refractivity contribution >= 4 is 5.91 Å². The van der Waals surface area contributed by atoms with Gasteiger partial charge in [-0.05, 0) is 64.7 Å². The minimum Gasteiger partial charge on any atom is -0.394 e. The molecule has 0 aliphatic heterocycles. The van der Waals surface area contributed by atoms with Gasteiger partial charge in [0.2, 0.25) is 5.91 Å². The van der Waals surface area contributed by atoms with Crippen molar-refractivity contribution < 1.29 is 20.1 Å². The Bertz CT molecular complexity index is 835. The minimum absolute atomic E-state index is 0.383. The van der Waals surface area contributed by atoms with E-state index in [1.54, 1.807) is 6.08 Å². The molecule has 0 aromatic carbocycles. The third kappa shape index (κ3) is 36.5. The summed E-state index contributed by atoms with van der Waals surface area (Å²) in [6.45, 7) is 3.93. The lowest BCUT2D eigenvalue weighted by atomic mass is 10.0. The lowest BCUT2D eigenvalue weighted by Gasteiger charge is -2.21. The van der Waals surface area contributed by atoms with Gasteiger partial charge < -0.3 is 20.6 Å². The number of allylic oxidation sites excluding steroid dienone is 7. The van der Waals surface area contributed by atoms with Crippen molar-refractivity contribution in [3.8, 4) is 0 Å². The van der Waals surface area contributed by atoms with Crippen LogP contribution >= 0.6 is 0 Å². The Morgan fingerprint density at radius 2 is 0.882 bits per heavy atom. The van der Waals surface area contributed by atoms with Gasteiger partial charge >= 0.3 is 0 Å². The van der Waals surface area contributed by atoms with Crippen LogP contribution < -0.4 is 5.32 Å². The van der Waals surface area contributed by atoms with Crippen LogP contribution in [0.2, 0.25) is 0 Å². The lowest BCUT2D eigenvalue weighted by molar-refractivity contribution is -0.131. The van der Waals surface area contributed by atoms with Crippen molar-refractivity contribution in [1.82, 2.24) is 5.32 Å². The molecule has 0 heterocycles. The molecule has 0 saturated heterocycles. The van der Waals surface area contributed by atoms with Crippen LogP contribution in [0.1, 0.15) is 213 Å². The lowest BCUT2D eigenvalue weighted by Crippen LogP contribution is -2.48. The highest BCUT2D eigenvalue weighted by Gasteiger charge is 2.22. The molecule has 0 saturated carbocycles. The number of hydrogen-bond acceptors (Lipinski definition) is 4. The van der Waals surface area contributed by atoms with Crippen LogP contribution in [0.15, 0.2) is 48.6 Å². The average Bonchev–Trinajstić information content (AvgIpc) is 3.13. The number of aliphatic hydroxyl groups is 3. The first kappa shape index (κ1) is 49.3.